The van der Waals surface area contributed by atoms with Gasteiger partial charge < -0.3 is 25.3 Å². The van der Waals surface area contributed by atoms with Gasteiger partial charge in [-0.25, -0.2) is 8.42 Å². The molecule has 1 aliphatic rings. The third kappa shape index (κ3) is 5.20. The molecule has 3 N–H and O–H groups in total. The first-order valence-corrected chi connectivity index (χ1v) is 15.8. The zero-order chi connectivity index (χ0) is 26.1. The molecule has 0 radical (unpaired) electrons. The van der Waals surface area contributed by atoms with Gasteiger partial charge in [-0.2, -0.15) is 5.10 Å². The predicted octanol–water partition coefficient (Wildman–Crippen LogP) is 4.47. The number of benzene rings is 2. The Labute approximate surface area is 212 Å². The molecular formula is C25H32N5O4PS. The maximum Gasteiger partial charge on any atom is 0.182 e. The van der Waals surface area contributed by atoms with E-state index in [9.17, 15) is 13.0 Å². The van der Waals surface area contributed by atoms with Crippen LogP contribution < -0.4 is 20.7 Å². The predicted molar refractivity (Wildman–Crippen MR) is 146 cm³/mol. The van der Waals surface area contributed by atoms with E-state index in [1.165, 1.54) is 6.20 Å². The van der Waals surface area contributed by atoms with Gasteiger partial charge in [-0.15, -0.1) is 5.10 Å². The number of anilines is 4. The van der Waals surface area contributed by atoms with Gasteiger partial charge in [-0.05, 0) is 44.8 Å². The van der Waals surface area contributed by atoms with Crippen molar-refractivity contribution in [2.45, 2.75) is 24.0 Å². The molecule has 2 heterocycles. The van der Waals surface area contributed by atoms with Gasteiger partial charge in [0.1, 0.15) is 5.75 Å². The number of rotatable bonds is 7. The summed E-state index contributed by atoms with van der Waals surface area (Å²) in [7, 11) is -4.00. The minimum absolute atomic E-state index is 0.181. The summed E-state index contributed by atoms with van der Waals surface area (Å²) in [6, 6.07) is 12.6. The number of hydrogen-bond donors (Lipinski definition) is 2. The van der Waals surface area contributed by atoms with Crippen molar-refractivity contribution in [2.24, 2.45) is 0 Å². The second-order valence-electron chi connectivity index (χ2n) is 9.35. The summed E-state index contributed by atoms with van der Waals surface area (Å²) in [5.74, 6) is 0.767. The summed E-state index contributed by atoms with van der Waals surface area (Å²) in [5.41, 5.74) is 9.43. The van der Waals surface area contributed by atoms with E-state index in [1.54, 1.807) is 45.2 Å². The molecule has 3 aromatic rings. The Morgan fingerprint density at radius 2 is 1.81 bits per heavy atom. The largest absolute Gasteiger partial charge is 0.496 e. The Morgan fingerprint density at radius 3 is 2.47 bits per heavy atom. The molecule has 1 aromatic heterocycles. The van der Waals surface area contributed by atoms with Gasteiger partial charge in [0.15, 0.2) is 15.7 Å². The van der Waals surface area contributed by atoms with Crippen LogP contribution >= 0.6 is 7.14 Å². The van der Waals surface area contributed by atoms with E-state index in [0.29, 0.717) is 40.6 Å². The van der Waals surface area contributed by atoms with Crippen molar-refractivity contribution in [3.63, 3.8) is 0 Å². The molecular weight excluding hydrogens is 497 g/mol. The topological polar surface area (TPSA) is 128 Å². The Kier molecular flexibility index (Phi) is 7.29. The zero-order valence-corrected chi connectivity index (χ0v) is 22.6. The third-order valence-corrected chi connectivity index (χ3v) is 11.0. The Balaban J connectivity index is 1.75. The highest BCUT2D eigenvalue weighted by atomic mass is 32.2. The summed E-state index contributed by atoms with van der Waals surface area (Å²) in [4.78, 5) is 2.40. The quantitative estimate of drug-likeness (QED) is 0.426. The van der Waals surface area contributed by atoms with E-state index < -0.39 is 22.2 Å². The fraction of sp³-hybridized carbons (Fsp3) is 0.360. The van der Waals surface area contributed by atoms with Gasteiger partial charge in [0.2, 0.25) is 0 Å². The van der Waals surface area contributed by atoms with Crippen LogP contribution in [0.2, 0.25) is 0 Å². The number of nitrogens with zero attached hydrogens (tertiary/aromatic N) is 3. The van der Waals surface area contributed by atoms with Crippen molar-refractivity contribution in [3.05, 3.63) is 48.7 Å². The number of sulfone groups is 1. The molecule has 11 heteroatoms. The molecule has 9 nitrogen and oxygen atoms in total. The van der Waals surface area contributed by atoms with Crippen LogP contribution in [0.3, 0.4) is 0 Å². The molecule has 0 spiro atoms. The van der Waals surface area contributed by atoms with E-state index >= 15 is 0 Å². The van der Waals surface area contributed by atoms with Crippen LogP contribution in [0.15, 0.2) is 53.6 Å². The van der Waals surface area contributed by atoms with E-state index in [2.05, 4.69) is 20.4 Å². The second-order valence-corrected chi connectivity index (χ2v) is 15.3. The molecule has 0 unspecified atom stereocenters. The number of ether oxygens (including phenoxy) is 1. The lowest BCUT2D eigenvalue weighted by molar-refractivity contribution is 0.416. The highest BCUT2D eigenvalue weighted by Gasteiger charge is 2.26. The highest BCUT2D eigenvalue weighted by Crippen LogP contribution is 2.45. The lowest BCUT2D eigenvalue weighted by Gasteiger charge is -2.32. The lowest BCUT2D eigenvalue weighted by Crippen LogP contribution is -2.34. The molecule has 1 saturated heterocycles. The molecule has 0 aliphatic carbocycles. The fourth-order valence-electron chi connectivity index (χ4n) is 4.23. The molecule has 2 aromatic carbocycles. The summed E-state index contributed by atoms with van der Waals surface area (Å²) in [6.45, 7) is 6.62. The van der Waals surface area contributed by atoms with Gasteiger partial charge in [0.05, 0.1) is 47.5 Å². The van der Waals surface area contributed by atoms with Crippen molar-refractivity contribution in [2.75, 3.05) is 55.1 Å². The van der Waals surface area contributed by atoms with E-state index in [0.717, 1.165) is 18.8 Å². The first-order chi connectivity index (χ1) is 17.0. The minimum atomic E-state index is -3.53. The van der Waals surface area contributed by atoms with Crippen LogP contribution in [-0.4, -0.2) is 63.1 Å². The van der Waals surface area contributed by atoms with Crippen molar-refractivity contribution in [3.8, 4) is 16.9 Å². The van der Waals surface area contributed by atoms with Gasteiger partial charge in [-0.1, -0.05) is 12.1 Å². The number of methoxy groups -OCH3 is 1. The van der Waals surface area contributed by atoms with Crippen LogP contribution in [0.5, 0.6) is 5.75 Å². The minimum Gasteiger partial charge on any atom is -0.496 e. The first-order valence-electron chi connectivity index (χ1n) is 11.7. The summed E-state index contributed by atoms with van der Waals surface area (Å²) < 4.78 is 44.0. The molecule has 0 atom stereocenters. The van der Waals surface area contributed by atoms with E-state index in [-0.39, 0.29) is 10.7 Å². The van der Waals surface area contributed by atoms with Crippen molar-refractivity contribution >= 4 is 39.9 Å². The Bertz CT molecular complexity index is 1420. The molecule has 192 valence electrons. The molecule has 1 fully saturated rings. The molecule has 36 heavy (non-hydrogen) atoms. The maximum atomic E-state index is 13.0. The first kappa shape index (κ1) is 26.0. The van der Waals surface area contributed by atoms with E-state index in [4.69, 9.17) is 10.5 Å². The Hall–Kier alpha value is -3.10. The number of aromatic nitrogens is 2. The molecule has 4 rings (SSSR count). The molecule has 1 aliphatic heterocycles. The van der Waals surface area contributed by atoms with Crippen LogP contribution in [0.1, 0.15) is 13.8 Å². The average Bonchev–Trinajstić information content (AvgIpc) is 2.84. The number of para-hydroxylation sites is 1. The Morgan fingerprint density at radius 1 is 1.11 bits per heavy atom. The average molecular weight is 530 g/mol. The fourth-order valence-corrected chi connectivity index (χ4v) is 6.98. The second kappa shape index (κ2) is 10.1. The smallest absolute Gasteiger partial charge is 0.182 e. The van der Waals surface area contributed by atoms with Gasteiger partial charge in [0.25, 0.3) is 0 Å². The van der Waals surface area contributed by atoms with Crippen LogP contribution in [0, 0.1) is 0 Å². The standard InChI is InChI=1S/C25H32N5O4PS/c1-17(2)36(32,33)23-8-6-5-7-20(23)28-21-16-27-29-25(26)24(21)19-10-9-18(15-22(19)34-3)30-11-13-35(4,31)14-12-30/h5-10,15-17H,11-14H2,1-4H3,(H3,26,28,29). The van der Waals surface area contributed by atoms with Gasteiger partial charge in [0, 0.05) is 42.7 Å². The van der Waals surface area contributed by atoms with Gasteiger partial charge in [-0.3, -0.25) is 0 Å². The van der Waals surface area contributed by atoms with Crippen molar-refractivity contribution in [1.29, 1.82) is 0 Å². The SMILES string of the molecule is COc1cc(N2CCP(C)(=O)CC2)ccc1-c1c(Nc2ccccc2S(=O)(=O)C(C)C)cnnc1N. The monoisotopic (exact) mass is 529 g/mol. The van der Waals surface area contributed by atoms with E-state index in [1.807, 2.05) is 24.9 Å². The van der Waals surface area contributed by atoms with Crippen molar-refractivity contribution < 1.29 is 17.7 Å². The third-order valence-electron chi connectivity index (χ3n) is 6.47. The van der Waals surface area contributed by atoms with Crippen LogP contribution in [0.4, 0.5) is 22.9 Å². The molecule has 0 amide bonds. The number of nitrogens with one attached hydrogen (secondary N) is 1. The summed E-state index contributed by atoms with van der Waals surface area (Å²) in [6.07, 6.45) is 2.89. The lowest BCUT2D eigenvalue weighted by atomic mass is 10.0. The summed E-state index contributed by atoms with van der Waals surface area (Å²) >= 11 is 0. The van der Waals surface area contributed by atoms with Crippen molar-refractivity contribution in [1.82, 2.24) is 10.2 Å². The normalized spacial score (nSPS) is 15.6. The number of nitrogens with two attached hydrogens (primary N) is 1. The highest BCUT2D eigenvalue weighted by molar-refractivity contribution is 7.92. The molecule has 0 saturated carbocycles. The van der Waals surface area contributed by atoms with Crippen LogP contribution in [-0.2, 0) is 14.4 Å². The summed E-state index contributed by atoms with van der Waals surface area (Å²) in [5, 5.41) is 10.7. The van der Waals surface area contributed by atoms with Crippen LogP contribution in [0.25, 0.3) is 11.1 Å². The number of nitrogen functional groups attached to an aromatic ring is 1. The zero-order valence-electron chi connectivity index (χ0n) is 20.9. The van der Waals surface area contributed by atoms with Gasteiger partial charge >= 0.3 is 0 Å². The maximum absolute atomic E-state index is 13.0. The molecule has 0 bridgehead atoms. The number of hydrogen-bond acceptors (Lipinski definition) is 9.